The first-order valence-corrected chi connectivity index (χ1v) is 27.8. The molecule has 470 valence electrons. The molecule has 5 amide bonds. The van der Waals surface area contributed by atoms with Gasteiger partial charge in [-0.25, -0.2) is 0 Å². The Hall–Kier alpha value is -1.24. The summed E-state index contributed by atoms with van der Waals surface area (Å²) in [6.45, 7) is 14.9. The molecule has 0 spiro atoms. The first kappa shape index (κ1) is 87.2. The standard InChI is InChI=1S/C56H76N6O8S2.10H2S/c1-9-35(2)50(64)58-42-24-26-72-47-30-56(6,7)49(62(47)54(42)68)52(66)60-44(40-18-14-11-15-19-40)34-70-32-38-22-20-37(21-23-38)31-69-33-41(39-16-12-10-13-17-39)28-45(63)48-55(4,5)29-46-61(48)53(67)43(25-27-71-46)59-51(65)36(3)57-8;;;;;;;;;;/h10-23,35-36,41-44,46-49,57H,9,24-34H2,1-8H3,(H,58,64)(H,59,65)(H,60,66);10*1H2/t35-,36+,41-,42+,43+,44-,46+,47+,48?,49?;;;;;;;;;;/m1........../s1. The summed E-state index contributed by atoms with van der Waals surface area (Å²) < 4.78 is 12.7. The molecule has 7 rings (SSSR count). The smallest absolute Gasteiger partial charge is 0.246 e. The van der Waals surface area contributed by atoms with Gasteiger partial charge in [-0.3, -0.25) is 28.8 Å². The van der Waals surface area contributed by atoms with Crippen molar-refractivity contribution in [1.29, 1.82) is 0 Å². The maximum atomic E-state index is 14.6. The summed E-state index contributed by atoms with van der Waals surface area (Å²) in [5.41, 5.74) is 2.81. The second kappa shape index (κ2) is 40.3. The van der Waals surface area contributed by atoms with Crippen LogP contribution in [-0.2, 0) is 51.5 Å². The molecule has 26 heteroatoms. The number of carbonyl (C=O) groups is 6. The van der Waals surface area contributed by atoms with Gasteiger partial charge in [-0.05, 0) is 90.7 Å². The van der Waals surface area contributed by atoms with E-state index in [0.29, 0.717) is 63.4 Å². The third-order valence-corrected chi connectivity index (χ3v) is 17.6. The Balaban J connectivity index is -0.00000304. The Bertz CT molecular complexity index is 2230. The molecule has 4 N–H and O–H groups in total. The van der Waals surface area contributed by atoms with Crippen molar-refractivity contribution in [1.82, 2.24) is 31.1 Å². The van der Waals surface area contributed by atoms with Crippen LogP contribution >= 0.6 is 158 Å². The molecule has 3 aromatic rings. The predicted molar refractivity (Wildman–Crippen MR) is 387 cm³/mol. The summed E-state index contributed by atoms with van der Waals surface area (Å²) in [6.07, 6.45) is 3.25. The highest BCUT2D eigenvalue weighted by Crippen LogP contribution is 2.48. The van der Waals surface area contributed by atoms with E-state index in [1.165, 1.54) is 0 Å². The van der Waals surface area contributed by atoms with E-state index in [0.717, 1.165) is 22.3 Å². The number of likely N-dealkylation sites (N-methyl/N-ethyl adjacent to an activating group) is 1. The van der Waals surface area contributed by atoms with Crippen LogP contribution in [0, 0.1) is 16.7 Å². The van der Waals surface area contributed by atoms with Crippen LogP contribution in [0.1, 0.15) is 121 Å². The van der Waals surface area contributed by atoms with Gasteiger partial charge >= 0.3 is 0 Å². The number of thioether (sulfide) groups is 2. The largest absolute Gasteiger partial charge is 0.376 e. The fourth-order valence-electron chi connectivity index (χ4n) is 10.6. The van der Waals surface area contributed by atoms with Crippen molar-refractivity contribution in [3.8, 4) is 0 Å². The Kier molecular flexibility index (Phi) is 42.9. The highest BCUT2D eigenvalue weighted by atomic mass is 32.2. The quantitative estimate of drug-likeness (QED) is 0.0809. The molecule has 0 radical (unpaired) electrons. The molecule has 0 aliphatic carbocycles. The lowest BCUT2D eigenvalue weighted by atomic mass is 9.79. The summed E-state index contributed by atoms with van der Waals surface area (Å²) in [5.74, 6) is -0.0780. The van der Waals surface area contributed by atoms with Gasteiger partial charge in [-0.1, -0.05) is 126 Å². The number of carbonyl (C=O) groups excluding carboxylic acids is 6. The van der Waals surface area contributed by atoms with Crippen molar-refractivity contribution < 1.29 is 38.2 Å². The number of fused-ring (bicyclic) bond motifs is 2. The van der Waals surface area contributed by atoms with Crippen LogP contribution in [0.25, 0.3) is 0 Å². The summed E-state index contributed by atoms with van der Waals surface area (Å²) >= 11 is 3.37. The fraction of sp³-hybridized carbons (Fsp3) is 0.571. The maximum absolute atomic E-state index is 14.6. The van der Waals surface area contributed by atoms with Crippen LogP contribution in [0.4, 0.5) is 0 Å². The van der Waals surface area contributed by atoms with Gasteiger partial charge in [0.05, 0.1) is 55.3 Å². The zero-order chi connectivity index (χ0) is 51.7. The molecule has 14 nitrogen and oxygen atoms in total. The summed E-state index contributed by atoms with van der Waals surface area (Å²) in [5, 5.41) is 11.8. The SMILES string of the molecule is CC[C@@H](C)C(=O)N[C@H]1CCS[C@H]2CC(C)(C)C(C(=O)N[C@H](COCc3ccc(COC[C@@H](CC(=O)C4N5C(=O)[C@@H](NC(=O)[C@H](C)NC)CCS[C@H]5CC4(C)C)c4ccccc4)cc3)c3ccccc3)N2C1=O.S.S.S.S.S.S.S.S.S.S. The van der Waals surface area contributed by atoms with Crippen molar-refractivity contribution in [3.63, 3.8) is 0 Å². The lowest BCUT2D eigenvalue weighted by molar-refractivity contribution is -0.144. The molecular formula is C56H96N6O8S12. The maximum Gasteiger partial charge on any atom is 0.246 e. The topological polar surface area (TPSA) is 175 Å². The molecule has 4 aliphatic rings. The number of amides is 5. The summed E-state index contributed by atoms with van der Waals surface area (Å²) in [4.78, 5) is 86.8. The average molecular weight is 1370 g/mol. The number of Topliss-reactive ketones (excluding diaryl/α,β-unsaturated/α-hetero) is 1. The lowest BCUT2D eigenvalue weighted by Gasteiger charge is -2.35. The predicted octanol–water partition coefficient (Wildman–Crippen LogP) is 8.25. The van der Waals surface area contributed by atoms with Gasteiger partial charge in [0.2, 0.25) is 29.5 Å². The number of nitrogens with zero attached hydrogens (tertiary/aromatic N) is 2. The molecule has 4 aliphatic heterocycles. The molecule has 2 unspecified atom stereocenters. The summed E-state index contributed by atoms with van der Waals surface area (Å²) in [7, 11) is 1.71. The van der Waals surface area contributed by atoms with Gasteiger partial charge in [0, 0.05) is 18.3 Å². The Labute approximate surface area is 566 Å². The number of ether oxygens (including phenoxy) is 2. The highest BCUT2D eigenvalue weighted by molar-refractivity contribution is 8.00. The molecule has 0 bridgehead atoms. The second-order valence-electron chi connectivity index (χ2n) is 21.4. The Morgan fingerprint density at radius 3 is 1.50 bits per heavy atom. The lowest BCUT2D eigenvalue weighted by Crippen LogP contribution is -2.57. The fourth-order valence-corrected chi connectivity index (χ4v) is 13.8. The van der Waals surface area contributed by atoms with Crippen molar-refractivity contribution in [2.75, 3.05) is 31.8 Å². The van der Waals surface area contributed by atoms with E-state index in [1.54, 1.807) is 47.3 Å². The third-order valence-electron chi connectivity index (χ3n) is 15.1. The van der Waals surface area contributed by atoms with Crippen molar-refractivity contribution >= 4 is 194 Å². The van der Waals surface area contributed by atoms with Crippen LogP contribution in [0.15, 0.2) is 84.9 Å². The zero-order valence-electron chi connectivity index (χ0n) is 48.3. The number of ketones is 1. The molecular weight excluding hydrogens is 1270 g/mol. The van der Waals surface area contributed by atoms with E-state index in [2.05, 4.69) is 35.1 Å². The molecule has 4 heterocycles. The molecule has 3 aromatic carbocycles. The van der Waals surface area contributed by atoms with Crippen LogP contribution in [0.3, 0.4) is 0 Å². The first-order valence-electron chi connectivity index (χ1n) is 25.7. The Morgan fingerprint density at radius 2 is 1.04 bits per heavy atom. The van der Waals surface area contributed by atoms with Crippen molar-refractivity contribution in [2.24, 2.45) is 16.7 Å². The van der Waals surface area contributed by atoms with Crippen molar-refractivity contribution in [3.05, 3.63) is 107 Å². The molecule has 82 heavy (non-hydrogen) atoms. The zero-order valence-corrected chi connectivity index (χ0v) is 60.0. The third kappa shape index (κ3) is 22.1. The number of benzene rings is 3. The monoisotopic (exact) mass is 1360 g/mol. The first-order chi connectivity index (χ1) is 34.4. The molecule has 4 saturated heterocycles. The average Bonchev–Trinajstić information content (AvgIpc) is 3.69. The molecule has 10 atom stereocenters. The second-order valence-corrected chi connectivity index (χ2v) is 24.0. The van der Waals surface area contributed by atoms with Gasteiger partial charge in [0.1, 0.15) is 18.1 Å². The minimum Gasteiger partial charge on any atom is -0.376 e. The van der Waals surface area contributed by atoms with Crippen LogP contribution in [0.5, 0.6) is 0 Å². The van der Waals surface area contributed by atoms with Gasteiger partial charge < -0.3 is 40.5 Å². The van der Waals surface area contributed by atoms with E-state index < -0.39 is 47.1 Å². The van der Waals surface area contributed by atoms with E-state index >= 15 is 0 Å². The number of hydrogen-bond acceptors (Lipinski definition) is 11. The van der Waals surface area contributed by atoms with Gasteiger partial charge in [-0.15, -0.1) is 23.5 Å². The van der Waals surface area contributed by atoms with Gasteiger partial charge in [0.25, 0.3) is 0 Å². The molecule has 0 saturated carbocycles. The summed E-state index contributed by atoms with van der Waals surface area (Å²) in [6, 6.07) is 23.9. The van der Waals surface area contributed by atoms with Crippen molar-refractivity contribution in [2.45, 2.75) is 153 Å². The Morgan fingerprint density at radius 1 is 0.610 bits per heavy atom. The number of rotatable bonds is 21. The van der Waals surface area contributed by atoms with E-state index in [4.69, 9.17) is 9.47 Å². The minimum absolute atomic E-state index is 0. The van der Waals surface area contributed by atoms with Crippen LogP contribution in [0.2, 0.25) is 0 Å². The van der Waals surface area contributed by atoms with Gasteiger partial charge in [-0.2, -0.15) is 135 Å². The molecule has 0 aromatic heterocycles. The van der Waals surface area contributed by atoms with E-state index in [-0.39, 0.29) is 206 Å². The van der Waals surface area contributed by atoms with Crippen LogP contribution in [-0.4, -0.2) is 118 Å². The normalized spacial score (nSPS) is 22.1. The van der Waals surface area contributed by atoms with E-state index in [1.807, 2.05) is 113 Å². The minimum atomic E-state index is -0.730. The van der Waals surface area contributed by atoms with Crippen LogP contribution < -0.4 is 21.3 Å². The van der Waals surface area contributed by atoms with Gasteiger partial charge in [0.15, 0.2) is 5.78 Å². The number of nitrogens with one attached hydrogen (secondary N) is 4. The molecule has 4 fully saturated rings. The highest BCUT2D eigenvalue weighted by Gasteiger charge is 2.56. The number of hydrogen-bond donors (Lipinski definition) is 4. The van der Waals surface area contributed by atoms with E-state index in [9.17, 15) is 28.8 Å².